The van der Waals surface area contributed by atoms with Crippen molar-refractivity contribution in [3.05, 3.63) is 29.6 Å². The Bertz CT molecular complexity index is 473. The van der Waals surface area contributed by atoms with Crippen LogP contribution in [0.25, 0.3) is 0 Å². The Hall–Kier alpha value is -1.83. The van der Waals surface area contributed by atoms with E-state index in [0.717, 1.165) is 12.1 Å². The zero-order valence-electron chi connectivity index (χ0n) is 9.78. The zero-order valence-corrected chi connectivity index (χ0v) is 9.78. The fraction of sp³-hybridized carbons (Fsp3) is 0.364. The van der Waals surface area contributed by atoms with Gasteiger partial charge in [-0.05, 0) is 19.1 Å². The average molecular weight is 281 g/mol. The van der Waals surface area contributed by atoms with Gasteiger partial charge < -0.3 is 15.1 Å². The van der Waals surface area contributed by atoms with Gasteiger partial charge >= 0.3 is 6.18 Å². The molecule has 1 rings (SSSR count). The highest BCUT2D eigenvalue weighted by molar-refractivity contribution is 6.00. The molecule has 19 heavy (non-hydrogen) atoms. The van der Waals surface area contributed by atoms with Crippen LogP contribution in [0.4, 0.5) is 17.6 Å². The molecule has 0 spiro atoms. The van der Waals surface area contributed by atoms with Crippen LogP contribution in [0.5, 0.6) is 5.75 Å². The molecule has 0 amide bonds. The van der Waals surface area contributed by atoms with Crippen molar-refractivity contribution in [2.24, 2.45) is 5.16 Å². The standard InChI is InChI=1S/C11H11F4NO3/c1-6(16-18)8-3-2-7(12)4-9(8)19-5-10(17)11(13,14)15/h2-4,10,17-18H,5H2,1H3. The van der Waals surface area contributed by atoms with Gasteiger partial charge in [-0.2, -0.15) is 13.2 Å². The van der Waals surface area contributed by atoms with Crippen LogP contribution in [0.15, 0.2) is 23.4 Å². The Morgan fingerprint density at radius 1 is 1.42 bits per heavy atom. The number of rotatable bonds is 4. The summed E-state index contributed by atoms with van der Waals surface area (Å²) in [5.74, 6) is -0.982. The lowest BCUT2D eigenvalue weighted by atomic mass is 10.1. The predicted octanol–water partition coefficient (Wildman–Crippen LogP) is 2.33. The normalized spacial score (nSPS) is 14.3. The summed E-state index contributed by atoms with van der Waals surface area (Å²) in [6.07, 6.45) is -7.51. The molecule has 1 unspecified atom stereocenters. The minimum atomic E-state index is -4.83. The summed E-state index contributed by atoms with van der Waals surface area (Å²) in [5.41, 5.74) is 0.162. The van der Waals surface area contributed by atoms with Gasteiger partial charge in [0, 0.05) is 11.6 Å². The first-order valence-electron chi connectivity index (χ1n) is 5.12. The van der Waals surface area contributed by atoms with E-state index < -0.39 is 24.7 Å². The first-order valence-corrected chi connectivity index (χ1v) is 5.12. The van der Waals surface area contributed by atoms with Crippen molar-refractivity contribution in [1.82, 2.24) is 0 Å². The monoisotopic (exact) mass is 281 g/mol. The van der Waals surface area contributed by atoms with Crippen molar-refractivity contribution in [1.29, 1.82) is 0 Å². The Labute approximate surface area is 105 Å². The molecule has 0 aliphatic carbocycles. The van der Waals surface area contributed by atoms with Crippen LogP contribution in [-0.4, -0.2) is 34.9 Å². The second kappa shape index (κ2) is 5.87. The maximum absolute atomic E-state index is 13.0. The molecule has 4 nitrogen and oxygen atoms in total. The van der Waals surface area contributed by atoms with E-state index in [4.69, 9.17) is 15.1 Å². The molecule has 0 radical (unpaired) electrons. The molecule has 1 aromatic rings. The zero-order chi connectivity index (χ0) is 14.6. The maximum Gasteiger partial charge on any atom is 0.417 e. The van der Waals surface area contributed by atoms with Crippen LogP contribution in [0.2, 0.25) is 0 Å². The molecule has 8 heteroatoms. The SMILES string of the molecule is CC(=NO)c1ccc(F)cc1OCC(O)C(F)(F)F. The Morgan fingerprint density at radius 3 is 2.58 bits per heavy atom. The van der Waals surface area contributed by atoms with Gasteiger partial charge in [-0.15, -0.1) is 0 Å². The second-order valence-electron chi connectivity index (χ2n) is 3.69. The minimum Gasteiger partial charge on any atom is -0.490 e. The third-order valence-electron chi connectivity index (χ3n) is 2.26. The average Bonchev–Trinajstić information content (AvgIpc) is 2.33. The summed E-state index contributed by atoms with van der Waals surface area (Å²) in [7, 11) is 0. The Balaban J connectivity index is 2.91. The van der Waals surface area contributed by atoms with E-state index in [-0.39, 0.29) is 17.0 Å². The molecular formula is C11H11F4NO3. The van der Waals surface area contributed by atoms with Crippen molar-refractivity contribution >= 4 is 5.71 Å². The lowest BCUT2D eigenvalue weighted by Crippen LogP contribution is -2.34. The summed E-state index contributed by atoms with van der Waals surface area (Å²) in [4.78, 5) is 0. The summed E-state index contributed by atoms with van der Waals surface area (Å²) >= 11 is 0. The predicted molar refractivity (Wildman–Crippen MR) is 58.0 cm³/mol. The number of hydrogen-bond acceptors (Lipinski definition) is 4. The first kappa shape index (κ1) is 15.2. The van der Waals surface area contributed by atoms with Gasteiger partial charge in [0.1, 0.15) is 18.2 Å². The number of aliphatic hydroxyl groups excluding tert-OH is 1. The summed E-state index contributed by atoms with van der Waals surface area (Å²) in [5, 5.41) is 20.2. The highest BCUT2D eigenvalue weighted by atomic mass is 19.4. The molecule has 0 aliphatic rings. The number of alkyl halides is 3. The van der Waals surface area contributed by atoms with E-state index in [1.165, 1.54) is 13.0 Å². The molecule has 0 aromatic heterocycles. The van der Waals surface area contributed by atoms with Crippen LogP contribution in [0, 0.1) is 5.82 Å². The summed E-state index contributed by atoms with van der Waals surface area (Å²) in [6.45, 7) is 0.277. The van der Waals surface area contributed by atoms with Crippen LogP contribution in [-0.2, 0) is 0 Å². The molecule has 0 saturated carbocycles. The molecule has 0 bridgehead atoms. The van der Waals surface area contributed by atoms with Gasteiger partial charge in [-0.1, -0.05) is 5.16 Å². The lowest BCUT2D eigenvalue weighted by molar-refractivity contribution is -0.210. The van der Waals surface area contributed by atoms with Crippen LogP contribution in [0.3, 0.4) is 0 Å². The molecule has 2 N–H and O–H groups in total. The smallest absolute Gasteiger partial charge is 0.417 e. The van der Waals surface area contributed by atoms with Crippen molar-refractivity contribution in [2.75, 3.05) is 6.61 Å². The van der Waals surface area contributed by atoms with E-state index in [2.05, 4.69) is 5.16 Å². The molecular weight excluding hydrogens is 270 g/mol. The third kappa shape index (κ3) is 4.09. The minimum absolute atomic E-state index is 0.0384. The topological polar surface area (TPSA) is 62.1 Å². The Kier molecular flexibility index (Phi) is 4.71. The fourth-order valence-corrected chi connectivity index (χ4v) is 1.23. The van der Waals surface area contributed by atoms with Crippen LogP contribution in [0.1, 0.15) is 12.5 Å². The number of ether oxygens (including phenoxy) is 1. The fourth-order valence-electron chi connectivity index (χ4n) is 1.23. The number of hydrogen-bond donors (Lipinski definition) is 2. The highest BCUT2D eigenvalue weighted by Gasteiger charge is 2.38. The van der Waals surface area contributed by atoms with Gasteiger partial charge in [-0.3, -0.25) is 0 Å². The van der Waals surface area contributed by atoms with Gasteiger partial charge in [0.25, 0.3) is 0 Å². The summed E-state index contributed by atoms with van der Waals surface area (Å²) in [6, 6.07) is 3.07. The molecule has 106 valence electrons. The van der Waals surface area contributed by atoms with E-state index in [0.29, 0.717) is 0 Å². The van der Waals surface area contributed by atoms with Gasteiger partial charge in [0.2, 0.25) is 0 Å². The maximum atomic E-state index is 13.0. The van der Waals surface area contributed by atoms with Crippen molar-refractivity contribution in [3.63, 3.8) is 0 Å². The molecule has 0 heterocycles. The molecule has 1 atom stereocenters. The van der Waals surface area contributed by atoms with Crippen molar-refractivity contribution in [2.45, 2.75) is 19.2 Å². The van der Waals surface area contributed by atoms with E-state index in [1.54, 1.807) is 0 Å². The van der Waals surface area contributed by atoms with Gasteiger partial charge in [0.15, 0.2) is 6.10 Å². The largest absolute Gasteiger partial charge is 0.490 e. The molecule has 0 aliphatic heterocycles. The van der Waals surface area contributed by atoms with Crippen LogP contribution >= 0.6 is 0 Å². The lowest BCUT2D eigenvalue weighted by Gasteiger charge is -2.16. The first-order chi connectivity index (χ1) is 8.75. The number of oxime groups is 1. The quantitative estimate of drug-likeness (QED) is 0.385. The number of benzene rings is 1. The van der Waals surface area contributed by atoms with Crippen LogP contribution < -0.4 is 4.74 Å². The second-order valence-corrected chi connectivity index (χ2v) is 3.69. The highest BCUT2D eigenvalue weighted by Crippen LogP contribution is 2.24. The van der Waals surface area contributed by atoms with E-state index >= 15 is 0 Å². The molecule has 1 aromatic carbocycles. The van der Waals surface area contributed by atoms with Gasteiger partial charge in [-0.25, -0.2) is 4.39 Å². The van der Waals surface area contributed by atoms with E-state index in [9.17, 15) is 17.6 Å². The van der Waals surface area contributed by atoms with Crippen molar-refractivity contribution in [3.8, 4) is 5.75 Å². The number of aliphatic hydroxyl groups is 1. The third-order valence-corrected chi connectivity index (χ3v) is 2.26. The molecule has 0 fully saturated rings. The van der Waals surface area contributed by atoms with Crippen molar-refractivity contribution < 1.29 is 32.6 Å². The van der Waals surface area contributed by atoms with E-state index in [1.807, 2.05) is 0 Å². The number of halogens is 4. The van der Waals surface area contributed by atoms with Gasteiger partial charge in [0.05, 0.1) is 5.71 Å². The molecule has 0 saturated heterocycles. The number of nitrogens with zero attached hydrogens (tertiary/aromatic N) is 1. The summed E-state index contributed by atoms with van der Waals surface area (Å²) < 4.78 is 54.0. The Morgan fingerprint density at radius 2 is 2.05 bits per heavy atom.